The molecule has 3 atom stereocenters. The first-order valence-corrected chi connectivity index (χ1v) is 11.8. The highest BCUT2D eigenvalue weighted by atomic mass is 16.5. The standard InChI is InChI=1S/C24H30N4O5/c1-3-33-15-12-27(13-15)19-6-4-5-18(19)26(2)14-7-8-16-17(11-14)24(32)28(23(16)31)20-9-10-21(29)25-22(20)30/h7-8,11,15,18-20H,3-6,9-10,12-13H2,1-2H3,(H,25,29,30). The Hall–Kier alpha value is -2.78. The Morgan fingerprint density at radius 3 is 2.55 bits per heavy atom. The van der Waals surface area contributed by atoms with Gasteiger partial charge in [0.25, 0.3) is 11.8 Å². The Morgan fingerprint density at radius 1 is 1.06 bits per heavy atom. The molecule has 1 saturated carbocycles. The van der Waals surface area contributed by atoms with Crippen molar-refractivity contribution < 1.29 is 23.9 Å². The maximum Gasteiger partial charge on any atom is 0.262 e. The third-order valence-corrected chi connectivity index (χ3v) is 7.52. The van der Waals surface area contributed by atoms with Crippen LogP contribution in [0.2, 0.25) is 0 Å². The van der Waals surface area contributed by atoms with Gasteiger partial charge in [-0.1, -0.05) is 0 Å². The summed E-state index contributed by atoms with van der Waals surface area (Å²) in [5.41, 5.74) is 1.52. The topological polar surface area (TPSA) is 99.3 Å². The van der Waals surface area contributed by atoms with Gasteiger partial charge in [-0.05, 0) is 50.8 Å². The summed E-state index contributed by atoms with van der Waals surface area (Å²) in [7, 11) is 2.05. The number of rotatable bonds is 6. The molecule has 0 spiro atoms. The van der Waals surface area contributed by atoms with Crippen LogP contribution in [0.15, 0.2) is 18.2 Å². The van der Waals surface area contributed by atoms with Crippen molar-refractivity contribution in [3.63, 3.8) is 0 Å². The number of nitrogens with one attached hydrogen (secondary N) is 1. The van der Waals surface area contributed by atoms with Gasteiger partial charge in [0.1, 0.15) is 6.04 Å². The van der Waals surface area contributed by atoms with Crippen molar-refractivity contribution in [3.05, 3.63) is 29.3 Å². The molecule has 1 aromatic carbocycles. The molecule has 9 heteroatoms. The van der Waals surface area contributed by atoms with E-state index in [-0.39, 0.29) is 18.7 Å². The van der Waals surface area contributed by atoms with Crippen LogP contribution >= 0.6 is 0 Å². The van der Waals surface area contributed by atoms with Gasteiger partial charge in [0.15, 0.2) is 0 Å². The molecule has 0 bridgehead atoms. The summed E-state index contributed by atoms with van der Waals surface area (Å²) in [6, 6.07) is 5.16. The van der Waals surface area contributed by atoms with Crippen LogP contribution in [0.5, 0.6) is 0 Å². The Morgan fingerprint density at radius 2 is 1.82 bits per heavy atom. The summed E-state index contributed by atoms with van der Waals surface area (Å²) in [5.74, 6) is -1.91. The largest absolute Gasteiger partial charge is 0.376 e. The summed E-state index contributed by atoms with van der Waals surface area (Å²) in [6.07, 6.45) is 3.96. The van der Waals surface area contributed by atoms with Gasteiger partial charge in [-0.15, -0.1) is 0 Å². The highest BCUT2D eigenvalue weighted by Crippen LogP contribution is 2.36. The van der Waals surface area contributed by atoms with Gasteiger partial charge < -0.3 is 9.64 Å². The molecule has 0 radical (unpaired) electrons. The molecular formula is C24H30N4O5. The Labute approximate surface area is 193 Å². The fraction of sp³-hybridized carbons (Fsp3) is 0.583. The number of ether oxygens (including phenoxy) is 1. The van der Waals surface area contributed by atoms with Gasteiger partial charge in [0.2, 0.25) is 11.8 Å². The van der Waals surface area contributed by atoms with Crippen LogP contribution in [0.4, 0.5) is 5.69 Å². The number of hydrogen-bond acceptors (Lipinski definition) is 7. The minimum atomic E-state index is -0.944. The molecule has 3 heterocycles. The lowest BCUT2D eigenvalue weighted by Crippen LogP contribution is -2.60. The molecule has 4 aliphatic rings. The number of likely N-dealkylation sites (tertiary alicyclic amines) is 1. The molecule has 1 N–H and O–H groups in total. The summed E-state index contributed by atoms with van der Waals surface area (Å²) in [4.78, 5) is 55.6. The number of carbonyl (C=O) groups is 4. The number of imide groups is 2. The highest BCUT2D eigenvalue weighted by Gasteiger charge is 2.45. The normalized spacial score (nSPS) is 28.2. The summed E-state index contributed by atoms with van der Waals surface area (Å²) >= 11 is 0. The molecular weight excluding hydrogens is 424 g/mol. The molecule has 4 amide bonds. The van der Waals surface area contributed by atoms with Gasteiger partial charge >= 0.3 is 0 Å². The molecule has 3 aliphatic heterocycles. The zero-order chi connectivity index (χ0) is 23.3. The third-order valence-electron chi connectivity index (χ3n) is 7.52. The van der Waals surface area contributed by atoms with Gasteiger partial charge in [0, 0.05) is 50.9 Å². The first-order chi connectivity index (χ1) is 15.9. The lowest BCUT2D eigenvalue weighted by Gasteiger charge is -2.46. The first kappa shape index (κ1) is 22.0. The lowest BCUT2D eigenvalue weighted by molar-refractivity contribution is -0.136. The van der Waals surface area contributed by atoms with Crippen LogP contribution in [0.1, 0.15) is 59.7 Å². The first-order valence-electron chi connectivity index (χ1n) is 11.8. The van der Waals surface area contributed by atoms with Gasteiger partial charge in [-0.25, -0.2) is 0 Å². The summed E-state index contributed by atoms with van der Waals surface area (Å²) in [5, 5.41) is 2.23. The second-order valence-electron chi connectivity index (χ2n) is 9.38. The number of anilines is 1. The van der Waals surface area contributed by atoms with E-state index in [1.165, 1.54) is 0 Å². The molecule has 5 rings (SSSR count). The van der Waals surface area contributed by atoms with Crippen molar-refractivity contribution in [2.45, 2.75) is 63.3 Å². The van der Waals surface area contributed by atoms with E-state index in [0.29, 0.717) is 29.3 Å². The number of piperidine rings is 1. The van der Waals surface area contributed by atoms with E-state index >= 15 is 0 Å². The lowest BCUT2D eigenvalue weighted by atomic mass is 10.0. The van der Waals surface area contributed by atoms with E-state index in [4.69, 9.17) is 4.74 Å². The van der Waals surface area contributed by atoms with E-state index in [0.717, 1.165) is 49.5 Å². The van der Waals surface area contributed by atoms with Crippen LogP contribution in [0.3, 0.4) is 0 Å². The quantitative estimate of drug-likeness (QED) is 0.644. The Kier molecular flexibility index (Phi) is 5.70. The molecule has 33 heavy (non-hydrogen) atoms. The third kappa shape index (κ3) is 3.73. The van der Waals surface area contributed by atoms with Crippen molar-refractivity contribution in [2.75, 3.05) is 31.6 Å². The molecule has 3 unspecified atom stereocenters. The zero-order valence-corrected chi connectivity index (χ0v) is 19.1. The Bertz CT molecular complexity index is 1000. The number of likely N-dealkylation sites (N-methyl/N-ethyl adjacent to an activating group) is 1. The molecule has 1 aliphatic carbocycles. The van der Waals surface area contributed by atoms with Gasteiger partial charge in [0.05, 0.1) is 17.2 Å². The van der Waals surface area contributed by atoms with Crippen molar-refractivity contribution in [1.82, 2.24) is 15.1 Å². The van der Waals surface area contributed by atoms with Crippen LogP contribution in [-0.2, 0) is 14.3 Å². The summed E-state index contributed by atoms with van der Waals surface area (Å²) in [6.45, 7) is 4.68. The smallest absolute Gasteiger partial charge is 0.262 e. The fourth-order valence-electron chi connectivity index (χ4n) is 5.75. The number of nitrogens with zero attached hydrogens (tertiary/aromatic N) is 3. The van der Waals surface area contributed by atoms with E-state index in [1.807, 2.05) is 20.0 Å². The molecule has 2 saturated heterocycles. The van der Waals surface area contributed by atoms with Crippen LogP contribution < -0.4 is 10.2 Å². The van der Waals surface area contributed by atoms with Crippen LogP contribution in [0.25, 0.3) is 0 Å². The average Bonchev–Trinajstić information content (AvgIpc) is 3.34. The monoisotopic (exact) mass is 454 g/mol. The molecule has 3 fully saturated rings. The van der Waals surface area contributed by atoms with Crippen LogP contribution in [-0.4, -0.2) is 84.4 Å². The Balaban J connectivity index is 1.33. The molecule has 9 nitrogen and oxygen atoms in total. The van der Waals surface area contributed by atoms with Crippen molar-refractivity contribution in [1.29, 1.82) is 0 Å². The van der Waals surface area contributed by atoms with Crippen molar-refractivity contribution >= 4 is 29.3 Å². The molecule has 0 aromatic heterocycles. The highest BCUT2D eigenvalue weighted by molar-refractivity contribution is 6.23. The maximum absolute atomic E-state index is 13.2. The molecule has 1 aromatic rings. The summed E-state index contributed by atoms with van der Waals surface area (Å²) < 4.78 is 5.72. The predicted molar refractivity (Wildman–Crippen MR) is 120 cm³/mol. The average molecular weight is 455 g/mol. The van der Waals surface area contributed by atoms with E-state index < -0.39 is 23.8 Å². The van der Waals surface area contributed by atoms with Gasteiger partial charge in [-0.3, -0.25) is 34.3 Å². The number of benzene rings is 1. The van der Waals surface area contributed by atoms with Crippen molar-refractivity contribution in [2.24, 2.45) is 0 Å². The number of hydrogen-bond donors (Lipinski definition) is 1. The van der Waals surface area contributed by atoms with E-state index in [1.54, 1.807) is 12.1 Å². The predicted octanol–water partition coefficient (Wildman–Crippen LogP) is 1.17. The fourth-order valence-corrected chi connectivity index (χ4v) is 5.75. The zero-order valence-electron chi connectivity index (χ0n) is 19.1. The second-order valence-corrected chi connectivity index (χ2v) is 9.38. The number of fused-ring (bicyclic) bond motifs is 1. The minimum absolute atomic E-state index is 0.113. The number of carbonyl (C=O) groups excluding carboxylic acids is 4. The minimum Gasteiger partial charge on any atom is -0.376 e. The maximum atomic E-state index is 13.2. The van der Waals surface area contributed by atoms with E-state index in [2.05, 4.69) is 15.1 Å². The van der Waals surface area contributed by atoms with Crippen LogP contribution in [0, 0.1) is 0 Å². The van der Waals surface area contributed by atoms with Crippen molar-refractivity contribution in [3.8, 4) is 0 Å². The SMILES string of the molecule is CCOC1CN(C2CCCC2N(C)c2ccc3c(c2)C(=O)N(C2CCC(=O)NC2=O)C3=O)C1. The molecule has 176 valence electrons. The van der Waals surface area contributed by atoms with E-state index in [9.17, 15) is 19.2 Å². The second kappa shape index (κ2) is 8.53. The van der Waals surface area contributed by atoms with Gasteiger partial charge in [-0.2, -0.15) is 0 Å². The number of amides is 4.